The standard InChI is InChI=1S/C24H33N3O4/c1-16(2)17-6-8-19(9-7-17)27-22(29)20(25-23(27)30)10-11-21(28)26-14-13-24(31)12-4-3-5-18(24)15-26/h6-9,16,18,20,31H,3-5,10-15H2,1-2H3,(H,25,30)/t18?,20-,24?/m0/s1. The molecule has 2 saturated heterocycles. The van der Waals surface area contributed by atoms with E-state index in [1.54, 1.807) is 12.1 Å². The maximum Gasteiger partial charge on any atom is 0.329 e. The largest absolute Gasteiger partial charge is 0.389 e. The number of piperidine rings is 1. The molecule has 2 unspecified atom stereocenters. The molecule has 1 aromatic carbocycles. The minimum absolute atomic E-state index is 0.00518. The van der Waals surface area contributed by atoms with Gasteiger partial charge >= 0.3 is 6.03 Å². The van der Waals surface area contributed by atoms with Gasteiger partial charge in [-0.15, -0.1) is 0 Å². The van der Waals surface area contributed by atoms with Gasteiger partial charge in [0.1, 0.15) is 6.04 Å². The lowest BCUT2D eigenvalue weighted by atomic mass is 9.71. The molecule has 0 spiro atoms. The van der Waals surface area contributed by atoms with Crippen LogP contribution in [0.4, 0.5) is 10.5 Å². The Balaban J connectivity index is 1.33. The third-order valence-corrected chi connectivity index (χ3v) is 7.26. The highest BCUT2D eigenvalue weighted by atomic mass is 16.3. The number of nitrogens with one attached hydrogen (secondary N) is 1. The second kappa shape index (κ2) is 8.61. The fourth-order valence-corrected chi connectivity index (χ4v) is 5.20. The molecule has 1 aliphatic carbocycles. The van der Waals surface area contributed by atoms with Gasteiger partial charge in [-0.05, 0) is 49.3 Å². The van der Waals surface area contributed by atoms with Crippen molar-refractivity contribution < 1.29 is 19.5 Å². The number of urea groups is 1. The Morgan fingerprint density at radius 1 is 1.19 bits per heavy atom. The van der Waals surface area contributed by atoms with E-state index in [0.717, 1.165) is 31.2 Å². The number of likely N-dealkylation sites (tertiary alicyclic amines) is 1. The van der Waals surface area contributed by atoms with Gasteiger partial charge in [-0.2, -0.15) is 0 Å². The van der Waals surface area contributed by atoms with Crippen molar-refractivity contribution in [2.75, 3.05) is 18.0 Å². The smallest absolute Gasteiger partial charge is 0.329 e. The third kappa shape index (κ3) is 4.33. The van der Waals surface area contributed by atoms with Gasteiger partial charge in [0, 0.05) is 25.4 Å². The topological polar surface area (TPSA) is 90.0 Å². The molecule has 7 nitrogen and oxygen atoms in total. The molecule has 4 amide bonds. The molecule has 2 N–H and O–H groups in total. The van der Waals surface area contributed by atoms with Crippen LogP contribution in [0.5, 0.6) is 0 Å². The zero-order chi connectivity index (χ0) is 22.2. The average molecular weight is 428 g/mol. The first-order valence-corrected chi connectivity index (χ1v) is 11.5. The minimum atomic E-state index is -0.683. The Morgan fingerprint density at radius 2 is 1.94 bits per heavy atom. The number of nitrogens with zero attached hydrogens (tertiary/aromatic N) is 2. The Morgan fingerprint density at radius 3 is 2.65 bits per heavy atom. The van der Waals surface area contributed by atoms with Crippen molar-refractivity contribution in [2.24, 2.45) is 5.92 Å². The molecule has 31 heavy (non-hydrogen) atoms. The van der Waals surface area contributed by atoms with Crippen molar-refractivity contribution in [3.05, 3.63) is 29.8 Å². The van der Waals surface area contributed by atoms with E-state index in [9.17, 15) is 19.5 Å². The van der Waals surface area contributed by atoms with E-state index >= 15 is 0 Å². The van der Waals surface area contributed by atoms with Crippen molar-refractivity contribution in [3.63, 3.8) is 0 Å². The van der Waals surface area contributed by atoms with Crippen LogP contribution in [-0.2, 0) is 9.59 Å². The molecule has 0 aromatic heterocycles. The van der Waals surface area contributed by atoms with Crippen molar-refractivity contribution in [2.45, 2.75) is 76.4 Å². The summed E-state index contributed by atoms with van der Waals surface area (Å²) >= 11 is 0. The summed E-state index contributed by atoms with van der Waals surface area (Å²) < 4.78 is 0. The van der Waals surface area contributed by atoms with Gasteiger partial charge in [-0.3, -0.25) is 9.59 Å². The van der Waals surface area contributed by atoms with E-state index in [0.29, 0.717) is 31.1 Å². The SMILES string of the molecule is CC(C)c1ccc(N2C(=O)N[C@@H](CCC(=O)N3CCC4(O)CCCCC4C3)C2=O)cc1. The zero-order valence-electron chi connectivity index (χ0n) is 18.5. The maximum absolute atomic E-state index is 12.8. The summed E-state index contributed by atoms with van der Waals surface area (Å²) in [5, 5.41) is 13.5. The number of aliphatic hydroxyl groups is 1. The molecule has 1 saturated carbocycles. The predicted molar refractivity (Wildman–Crippen MR) is 118 cm³/mol. The number of hydrogen-bond acceptors (Lipinski definition) is 4. The van der Waals surface area contributed by atoms with Gasteiger partial charge in [0.25, 0.3) is 5.91 Å². The van der Waals surface area contributed by atoms with E-state index in [-0.39, 0.29) is 30.6 Å². The number of anilines is 1. The summed E-state index contributed by atoms with van der Waals surface area (Å²) in [7, 11) is 0. The molecule has 2 heterocycles. The molecular formula is C24H33N3O4. The molecule has 3 aliphatic rings. The van der Waals surface area contributed by atoms with E-state index in [1.165, 1.54) is 4.90 Å². The van der Waals surface area contributed by atoms with Crippen LogP contribution in [0.15, 0.2) is 24.3 Å². The molecule has 168 valence electrons. The highest BCUT2D eigenvalue weighted by Crippen LogP contribution is 2.40. The zero-order valence-corrected chi connectivity index (χ0v) is 18.5. The summed E-state index contributed by atoms with van der Waals surface area (Å²) in [6, 6.07) is 6.32. The van der Waals surface area contributed by atoms with Gasteiger partial charge in [0.15, 0.2) is 0 Å². The number of hydrogen-bond donors (Lipinski definition) is 2. The minimum Gasteiger partial charge on any atom is -0.389 e. The van der Waals surface area contributed by atoms with Crippen LogP contribution in [-0.4, -0.2) is 52.6 Å². The van der Waals surface area contributed by atoms with Crippen LogP contribution in [0.2, 0.25) is 0 Å². The van der Waals surface area contributed by atoms with Crippen molar-refractivity contribution in [3.8, 4) is 0 Å². The lowest BCUT2D eigenvalue weighted by Gasteiger charge is -2.47. The van der Waals surface area contributed by atoms with Crippen LogP contribution in [0, 0.1) is 5.92 Å². The number of carbonyl (C=O) groups is 3. The molecule has 2 aliphatic heterocycles. The third-order valence-electron chi connectivity index (χ3n) is 7.26. The highest BCUT2D eigenvalue weighted by molar-refractivity contribution is 6.21. The second-order valence-electron chi connectivity index (χ2n) is 9.60. The fourth-order valence-electron chi connectivity index (χ4n) is 5.20. The van der Waals surface area contributed by atoms with Crippen molar-refractivity contribution in [1.82, 2.24) is 10.2 Å². The molecular weight excluding hydrogens is 394 g/mol. The molecule has 3 fully saturated rings. The lowest BCUT2D eigenvalue weighted by Crippen LogP contribution is -2.54. The van der Waals surface area contributed by atoms with E-state index in [1.807, 2.05) is 17.0 Å². The fraction of sp³-hybridized carbons (Fsp3) is 0.625. The highest BCUT2D eigenvalue weighted by Gasteiger charge is 2.44. The molecule has 4 rings (SSSR count). The Kier molecular flexibility index (Phi) is 6.06. The monoisotopic (exact) mass is 427 g/mol. The first-order chi connectivity index (χ1) is 14.8. The summed E-state index contributed by atoms with van der Waals surface area (Å²) in [6.45, 7) is 5.33. The van der Waals surface area contributed by atoms with Gasteiger partial charge in [-0.1, -0.05) is 38.8 Å². The summed E-state index contributed by atoms with van der Waals surface area (Å²) in [5.74, 6) is 0.205. The van der Waals surface area contributed by atoms with Crippen LogP contribution >= 0.6 is 0 Å². The quantitative estimate of drug-likeness (QED) is 0.707. The summed E-state index contributed by atoms with van der Waals surface area (Å²) in [4.78, 5) is 41.0. The maximum atomic E-state index is 12.8. The van der Waals surface area contributed by atoms with Gasteiger partial charge in [0.05, 0.1) is 11.3 Å². The second-order valence-corrected chi connectivity index (χ2v) is 9.60. The number of benzene rings is 1. The van der Waals surface area contributed by atoms with Crippen molar-refractivity contribution in [1.29, 1.82) is 0 Å². The Hall–Kier alpha value is -2.41. The van der Waals surface area contributed by atoms with E-state index < -0.39 is 17.7 Å². The molecule has 0 bridgehead atoms. The van der Waals surface area contributed by atoms with Crippen molar-refractivity contribution >= 4 is 23.5 Å². The van der Waals surface area contributed by atoms with Gasteiger partial charge in [0.2, 0.25) is 5.91 Å². The number of carbonyl (C=O) groups excluding carboxylic acids is 3. The summed E-state index contributed by atoms with van der Waals surface area (Å²) in [6.07, 6.45) is 5.07. The van der Waals surface area contributed by atoms with Crippen LogP contribution in [0.3, 0.4) is 0 Å². The number of fused-ring (bicyclic) bond motifs is 1. The van der Waals surface area contributed by atoms with Gasteiger partial charge in [-0.25, -0.2) is 9.69 Å². The number of imide groups is 1. The van der Waals surface area contributed by atoms with Gasteiger partial charge < -0.3 is 15.3 Å². The first-order valence-electron chi connectivity index (χ1n) is 11.5. The first kappa shape index (κ1) is 21.8. The Labute approximate surface area is 183 Å². The molecule has 1 aromatic rings. The molecule has 0 radical (unpaired) electrons. The predicted octanol–water partition coefficient (Wildman–Crippen LogP) is 3.17. The lowest BCUT2D eigenvalue weighted by molar-refractivity contribution is -0.143. The van der Waals surface area contributed by atoms with E-state index in [2.05, 4.69) is 19.2 Å². The Bertz CT molecular complexity index is 853. The van der Waals surface area contributed by atoms with Crippen LogP contribution < -0.4 is 10.2 Å². The molecule has 3 atom stereocenters. The van der Waals surface area contributed by atoms with Crippen LogP contribution in [0.25, 0.3) is 0 Å². The van der Waals surface area contributed by atoms with Crippen LogP contribution in [0.1, 0.15) is 70.3 Å². The normalized spacial score (nSPS) is 28.6. The number of rotatable bonds is 5. The van der Waals surface area contributed by atoms with E-state index in [4.69, 9.17) is 0 Å². The molecule has 7 heteroatoms. The summed E-state index contributed by atoms with van der Waals surface area (Å²) in [5.41, 5.74) is 1.08. The average Bonchev–Trinajstić information content (AvgIpc) is 3.04. The number of amides is 4.